The highest BCUT2D eigenvalue weighted by atomic mass is 19.1. The lowest BCUT2D eigenvalue weighted by molar-refractivity contribution is 0.294. The van der Waals surface area contributed by atoms with Crippen LogP contribution in [0.5, 0.6) is 5.75 Å². The molecule has 1 saturated carbocycles. The lowest BCUT2D eigenvalue weighted by Gasteiger charge is -2.19. The van der Waals surface area contributed by atoms with Crippen LogP contribution in [0, 0.1) is 30.5 Å². The van der Waals surface area contributed by atoms with Crippen molar-refractivity contribution in [2.24, 2.45) is 5.92 Å². The first kappa shape index (κ1) is 19.8. The molecular formula is C24H22FN3O2. The minimum absolute atomic E-state index is 0.174. The molecule has 152 valence electrons. The lowest BCUT2D eigenvalue weighted by Crippen LogP contribution is -2.25. The molecule has 0 N–H and O–H groups in total. The van der Waals surface area contributed by atoms with Gasteiger partial charge in [0.25, 0.3) is 5.56 Å². The van der Waals surface area contributed by atoms with Crippen LogP contribution in [0.3, 0.4) is 0 Å². The lowest BCUT2D eigenvalue weighted by atomic mass is 10.0. The van der Waals surface area contributed by atoms with E-state index in [2.05, 4.69) is 21.8 Å². The Labute approximate surface area is 174 Å². The highest BCUT2D eigenvalue weighted by molar-refractivity contribution is 5.39. The summed E-state index contributed by atoms with van der Waals surface area (Å²) in [7, 11) is 0. The third kappa shape index (κ3) is 4.57. The normalized spacial score (nSPS) is 14.0. The van der Waals surface area contributed by atoms with Crippen LogP contribution in [0.2, 0.25) is 0 Å². The number of pyridine rings is 1. The molecule has 1 aliphatic carbocycles. The van der Waals surface area contributed by atoms with Gasteiger partial charge in [0.05, 0.1) is 11.6 Å². The fraction of sp³-hybridized carbons (Fsp3) is 0.292. The van der Waals surface area contributed by atoms with Crippen molar-refractivity contribution in [2.45, 2.75) is 39.3 Å². The molecule has 1 aromatic carbocycles. The Kier molecular flexibility index (Phi) is 5.62. The van der Waals surface area contributed by atoms with Crippen LogP contribution in [0.15, 0.2) is 53.6 Å². The van der Waals surface area contributed by atoms with E-state index in [0.717, 1.165) is 18.5 Å². The first-order valence-electron chi connectivity index (χ1n) is 9.94. The van der Waals surface area contributed by atoms with Gasteiger partial charge < -0.3 is 9.30 Å². The summed E-state index contributed by atoms with van der Waals surface area (Å²) in [6.45, 7) is 3.88. The smallest absolute Gasteiger partial charge is 0.254 e. The van der Waals surface area contributed by atoms with Crippen molar-refractivity contribution >= 4 is 0 Å². The molecule has 0 spiro atoms. The van der Waals surface area contributed by atoms with E-state index in [0.29, 0.717) is 28.6 Å². The van der Waals surface area contributed by atoms with Gasteiger partial charge in [-0.05, 0) is 56.5 Å². The van der Waals surface area contributed by atoms with Gasteiger partial charge in [0.15, 0.2) is 5.82 Å². The van der Waals surface area contributed by atoms with Crippen molar-refractivity contribution in [3.8, 4) is 17.6 Å². The van der Waals surface area contributed by atoms with Crippen LogP contribution >= 0.6 is 0 Å². The Morgan fingerprint density at radius 1 is 1.23 bits per heavy atom. The van der Waals surface area contributed by atoms with E-state index in [1.54, 1.807) is 35.2 Å². The van der Waals surface area contributed by atoms with E-state index in [9.17, 15) is 9.18 Å². The molecule has 5 nitrogen and oxygen atoms in total. The van der Waals surface area contributed by atoms with E-state index in [1.807, 2.05) is 19.9 Å². The minimum Gasteiger partial charge on any atom is -0.485 e. The van der Waals surface area contributed by atoms with Crippen molar-refractivity contribution in [1.29, 1.82) is 0 Å². The molecule has 6 heteroatoms. The highest BCUT2D eigenvalue weighted by Crippen LogP contribution is 2.28. The maximum absolute atomic E-state index is 14.5. The third-order valence-corrected chi connectivity index (χ3v) is 5.07. The molecule has 2 aromatic heterocycles. The van der Waals surface area contributed by atoms with Crippen molar-refractivity contribution in [3.63, 3.8) is 0 Å². The summed E-state index contributed by atoms with van der Waals surface area (Å²) >= 11 is 0. The number of nitrogens with zero attached hydrogens (tertiary/aromatic N) is 3. The van der Waals surface area contributed by atoms with Gasteiger partial charge >= 0.3 is 0 Å². The van der Waals surface area contributed by atoms with Gasteiger partial charge in [-0.1, -0.05) is 17.9 Å². The fourth-order valence-corrected chi connectivity index (χ4v) is 3.26. The van der Waals surface area contributed by atoms with Crippen molar-refractivity contribution in [1.82, 2.24) is 14.5 Å². The zero-order valence-electron chi connectivity index (χ0n) is 16.9. The summed E-state index contributed by atoms with van der Waals surface area (Å²) in [4.78, 5) is 21.0. The van der Waals surface area contributed by atoms with E-state index in [4.69, 9.17) is 4.74 Å². The van der Waals surface area contributed by atoms with Crippen molar-refractivity contribution in [2.75, 3.05) is 0 Å². The topological polar surface area (TPSA) is 57.0 Å². The van der Waals surface area contributed by atoms with Crippen LogP contribution in [0.1, 0.15) is 48.5 Å². The Morgan fingerprint density at radius 2 is 2.00 bits per heavy atom. The number of hydrogen-bond donors (Lipinski definition) is 0. The summed E-state index contributed by atoms with van der Waals surface area (Å²) in [5.41, 5.74) is 1.61. The number of aromatic nitrogens is 3. The molecule has 0 aliphatic heterocycles. The van der Waals surface area contributed by atoms with Gasteiger partial charge in [0.1, 0.15) is 18.2 Å². The van der Waals surface area contributed by atoms with Crippen LogP contribution in [0.25, 0.3) is 0 Å². The Hall–Kier alpha value is -3.46. The maximum Gasteiger partial charge on any atom is 0.254 e. The SMILES string of the molecule is Cc1cc(OCc2ncccn2)cc(=O)n1C(C)c1ccc(C#CC2CC2)c(F)c1. The fourth-order valence-electron chi connectivity index (χ4n) is 3.26. The summed E-state index contributed by atoms with van der Waals surface area (Å²) in [5, 5.41) is 0. The van der Waals surface area contributed by atoms with E-state index >= 15 is 0 Å². The van der Waals surface area contributed by atoms with Crippen LogP contribution in [-0.2, 0) is 6.61 Å². The molecule has 1 fully saturated rings. The van der Waals surface area contributed by atoms with Gasteiger partial charge in [0.2, 0.25) is 0 Å². The zero-order valence-corrected chi connectivity index (χ0v) is 16.9. The standard InChI is InChI=1S/C24H22FN3O2/c1-16-12-21(30-15-23-26-10-3-11-27-23)14-24(29)28(16)17(2)20-9-8-19(22(25)13-20)7-6-18-4-5-18/h3,8-14,17-18H,4-5,15H2,1-2H3. The van der Waals surface area contributed by atoms with E-state index in [-0.39, 0.29) is 24.0 Å². The average molecular weight is 403 g/mol. The Morgan fingerprint density at radius 3 is 2.67 bits per heavy atom. The number of ether oxygens (including phenoxy) is 1. The zero-order chi connectivity index (χ0) is 21.1. The maximum atomic E-state index is 14.5. The second-order valence-electron chi connectivity index (χ2n) is 7.45. The summed E-state index contributed by atoms with van der Waals surface area (Å²) < 4.78 is 21.8. The molecule has 0 amide bonds. The molecule has 0 radical (unpaired) electrons. The van der Waals surface area contributed by atoms with Crippen LogP contribution in [-0.4, -0.2) is 14.5 Å². The Balaban J connectivity index is 1.53. The van der Waals surface area contributed by atoms with Gasteiger partial charge in [-0.2, -0.15) is 0 Å². The molecular weight excluding hydrogens is 381 g/mol. The Bertz CT molecular complexity index is 1170. The highest BCUT2D eigenvalue weighted by Gasteiger charge is 2.18. The first-order chi connectivity index (χ1) is 14.5. The van der Waals surface area contributed by atoms with E-state index < -0.39 is 0 Å². The largest absolute Gasteiger partial charge is 0.485 e. The summed E-state index contributed by atoms with van der Waals surface area (Å²) in [6.07, 6.45) is 5.48. The predicted octanol–water partition coefficient (Wildman–Crippen LogP) is 4.04. The summed E-state index contributed by atoms with van der Waals surface area (Å²) in [5.74, 6) is 7.03. The molecule has 30 heavy (non-hydrogen) atoms. The third-order valence-electron chi connectivity index (χ3n) is 5.07. The molecule has 1 aliphatic rings. The molecule has 2 heterocycles. The predicted molar refractivity (Wildman–Crippen MR) is 112 cm³/mol. The second kappa shape index (κ2) is 8.50. The average Bonchev–Trinajstić information content (AvgIpc) is 3.56. The van der Waals surface area contributed by atoms with Gasteiger partial charge in [-0.3, -0.25) is 4.79 Å². The monoisotopic (exact) mass is 403 g/mol. The number of aryl methyl sites for hydroxylation is 1. The number of benzene rings is 1. The molecule has 1 unspecified atom stereocenters. The van der Waals surface area contributed by atoms with E-state index in [1.165, 1.54) is 12.1 Å². The summed E-state index contributed by atoms with van der Waals surface area (Å²) in [6, 6.07) is 9.59. The van der Waals surface area contributed by atoms with Crippen LogP contribution < -0.4 is 10.3 Å². The van der Waals surface area contributed by atoms with Crippen molar-refractivity contribution in [3.05, 3.63) is 87.6 Å². The van der Waals surface area contributed by atoms with Gasteiger partial charge in [-0.15, -0.1) is 0 Å². The minimum atomic E-state index is -0.360. The second-order valence-corrected chi connectivity index (χ2v) is 7.45. The molecule has 0 bridgehead atoms. The first-order valence-corrected chi connectivity index (χ1v) is 9.94. The number of hydrogen-bond acceptors (Lipinski definition) is 4. The van der Waals surface area contributed by atoms with Crippen molar-refractivity contribution < 1.29 is 9.13 Å². The van der Waals surface area contributed by atoms with Crippen LogP contribution in [0.4, 0.5) is 4.39 Å². The number of rotatable bonds is 5. The van der Waals surface area contributed by atoms with Gasteiger partial charge in [-0.25, -0.2) is 14.4 Å². The molecule has 3 aromatic rings. The quantitative estimate of drug-likeness (QED) is 0.604. The molecule has 0 saturated heterocycles. The molecule has 4 rings (SSSR count). The van der Waals surface area contributed by atoms with Gasteiger partial charge in [0, 0.05) is 30.1 Å². The number of halogens is 1. The molecule has 1 atom stereocenters.